The van der Waals surface area contributed by atoms with Crippen molar-refractivity contribution in [3.63, 3.8) is 0 Å². The molecule has 1 atom stereocenters. The Kier molecular flexibility index (Phi) is 10.4. The van der Waals surface area contributed by atoms with Gasteiger partial charge in [-0.1, -0.05) is 55.8 Å². The lowest BCUT2D eigenvalue weighted by Crippen LogP contribution is -2.51. The van der Waals surface area contributed by atoms with Crippen LogP contribution in [-0.4, -0.2) is 50.5 Å². The van der Waals surface area contributed by atoms with E-state index in [-0.39, 0.29) is 18.4 Å². The van der Waals surface area contributed by atoms with Crippen molar-refractivity contribution in [1.29, 1.82) is 0 Å². The van der Waals surface area contributed by atoms with E-state index in [0.29, 0.717) is 28.8 Å². The van der Waals surface area contributed by atoms with E-state index >= 15 is 0 Å². The van der Waals surface area contributed by atoms with Gasteiger partial charge in [0.15, 0.2) is 0 Å². The highest BCUT2D eigenvalue weighted by molar-refractivity contribution is 7.92. The molecule has 0 aromatic heterocycles. The number of amides is 2. The van der Waals surface area contributed by atoms with E-state index < -0.39 is 28.5 Å². The molecule has 3 rings (SSSR count). The Morgan fingerprint density at radius 3 is 2.05 bits per heavy atom. The summed E-state index contributed by atoms with van der Waals surface area (Å²) in [4.78, 5) is 27.9. The molecule has 0 unspecified atom stereocenters. The maximum atomic E-state index is 13.6. The molecule has 1 N–H and O–H groups in total. The van der Waals surface area contributed by atoms with Crippen LogP contribution in [0.5, 0.6) is 11.5 Å². The highest BCUT2D eigenvalue weighted by Crippen LogP contribution is 2.26. The van der Waals surface area contributed by atoms with E-state index in [1.807, 2.05) is 44.2 Å². The number of ether oxygens (including phenoxy) is 1. The first-order valence-corrected chi connectivity index (χ1v) is 14.8. The van der Waals surface area contributed by atoms with E-state index in [4.69, 9.17) is 16.3 Å². The molecule has 0 fully saturated rings. The van der Waals surface area contributed by atoms with Gasteiger partial charge in [-0.3, -0.25) is 13.9 Å². The maximum Gasteiger partial charge on any atom is 0.244 e. The summed E-state index contributed by atoms with van der Waals surface area (Å²) in [6, 6.07) is 21.7. The summed E-state index contributed by atoms with van der Waals surface area (Å²) in [5, 5.41) is 3.40. The van der Waals surface area contributed by atoms with Crippen LogP contribution in [0.15, 0.2) is 78.9 Å². The third-order valence-corrected chi connectivity index (χ3v) is 7.29. The lowest BCUT2D eigenvalue weighted by atomic mass is 10.1. The molecule has 0 saturated carbocycles. The Morgan fingerprint density at radius 2 is 1.49 bits per heavy atom. The summed E-state index contributed by atoms with van der Waals surface area (Å²) in [5.41, 5.74) is 1.05. The number of benzene rings is 3. The lowest BCUT2D eigenvalue weighted by Gasteiger charge is -2.31. The second-order valence-electron chi connectivity index (χ2n) is 9.64. The molecule has 0 aliphatic rings. The molecule has 39 heavy (non-hydrogen) atoms. The van der Waals surface area contributed by atoms with Gasteiger partial charge in [0, 0.05) is 18.1 Å². The Bertz CT molecular complexity index is 1350. The minimum absolute atomic E-state index is 0.105. The van der Waals surface area contributed by atoms with Crippen LogP contribution >= 0.6 is 11.6 Å². The number of halogens is 1. The molecular weight excluding hydrogens is 538 g/mol. The second-order valence-corrected chi connectivity index (χ2v) is 12.0. The maximum absolute atomic E-state index is 13.6. The van der Waals surface area contributed by atoms with Gasteiger partial charge in [0.1, 0.15) is 24.1 Å². The zero-order valence-electron chi connectivity index (χ0n) is 22.5. The molecule has 0 aliphatic heterocycles. The summed E-state index contributed by atoms with van der Waals surface area (Å²) in [7, 11) is -3.84. The van der Waals surface area contributed by atoms with E-state index in [0.717, 1.165) is 16.1 Å². The predicted molar refractivity (Wildman–Crippen MR) is 154 cm³/mol. The summed E-state index contributed by atoms with van der Waals surface area (Å²) >= 11 is 6.01. The third-order valence-electron chi connectivity index (χ3n) is 5.90. The number of carbonyl (C=O) groups excluding carboxylic acids is 2. The van der Waals surface area contributed by atoms with Crippen molar-refractivity contribution in [1.82, 2.24) is 10.2 Å². The van der Waals surface area contributed by atoms with Crippen molar-refractivity contribution < 1.29 is 22.7 Å². The second kappa shape index (κ2) is 13.5. The molecule has 2 amide bonds. The van der Waals surface area contributed by atoms with Crippen molar-refractivity contribution in [2.24, 2.45) is 5.92 Å². The average Bonchev–Trinajstić information content (AvgIpc) is 2.90. The Balaban J connectivity index is 1.84. The molecule has 10 heteroatoms. The Morgan fingerprint density at radius 1 is 0.897 bits per heavy atom. The molecule has 0 bridgehead atoms. The van der Waals surface area contributed by atoms with Gasteiger partial charge in [-0.25, -0.2) is 8.42 Å². The zero-order valence-corrected chi connectivity index (χ0v) is 24.1. The SMILES string of the molecule is CC(C)CNC(=O)[C@H](C)N(Cc1ccc(Cl)cc1)C(=O)CN(c1ccc(Oc2ccccc2)cc1)S(C)(=O)=O. The van der Waals surface area contributed by atoms with Crippen LogP contribution in [0.3, 0.4) is 0 Å². The highest BCUT2D eigenvalue weighted by Gasteiger charge is 2.30. The van der Waals surface area contributed by atoms with E-state index in [1.165, 1.54) is 4.90 Å². The number of hydrogen-bond acceptors (Lipinski definition) is 5. The first-order valence-electron chi connectivity index (χ1n) is 12.6. The number of anilines is 1. The summed E-state index contributed by atoms with van der Waals surface area (Å²) in [6.45, 7) is 5.66. The largest absolute Gasteiger partial charge is 0.457 e. The standard InChI is InChI=1S/C29H34ClN3O5S/c1-21(2)18-31-29(35)22(3)32(19-23-10-12-24(30)13-11-23)28(34)20-33(39(4,36)37)25-14-16-27(17-15-25)38-26-8-6-5-7-9-26/h5-17,21-22H,18-20H2,1-4H3,(H,31,35)/t22-/m0/s1. The van der Waals surface area contributed by atoms with Crippen LogP contribution < -0.4 is 14.4 Å². The first-order chi connectivity index (χ1) is 18.4. The van der Waals surface area contributed by atoms with Crippen LogP contribution in [0.1, 0.15) is 26.3 Å². The molecule has 8 nitrogen and oxygen atoms in total. The third kappa shape index (κ3) is 9.01. The number of sulfonamides is 1. The van der Waals surface area contributed by atoms with Gasteiger partial charge in [-0.2, -0.15) is 0 Å². The van der Waals surface area contributed by atoms with Crippen LogP contribution in [0.4, 0.5) is 5.69 Å². The predicted octanol–water partition coefficient (Wildman–Crippen LogP) is 5.09. The molecule has 3 aromatic rings. The van der Waals surface area contributed by atoms with Gasteiger partial charge >= 0.3 is 0 Å². The van der Waals surface area contributed by atoms with Gasteiger partial charge in [-0.05, 0) is 66.9 Å². The minimum atomic E-state index is -3.84. The van der Waals surface area contributed by atoms with Crippen LogP contribution in [0.25, 0.3) is 0 Å². The van der Waals surface area contributed by atoms with Crippen molar-refractivity contribution in [3.05, 3.63) is 89.4 Å². The number of rotatable bonds is 12. The van der Waals surface area contributed by atoms with E-state index in [1.54, 1.807) is 55.5 Å². The van der Waals surface area contributed by atoms with Gasteiger partial charge < -0.3 is 15.0 Å². The van der Waals surface area contributed by atoms with Gasteiger partial charge in [-0.15, -0.1) is 0 Å². The lowest BCUT2D eigenvalue weighted by molar-refractivity contribution is -0.139. The van der Waals surface area contributed by atoms with E-state index in [9.17, 15) is 18.0 Å². The van der Waals surface area contributed by atoms with Gasteiger partial charge in [0.05, 0.1) is 11.9 Å². The smallest absolute Gasteiger partial charge is 0.244 e. The highest BCUT2D eigenvalue weighted by atomic mass is 35.5. The molecule has 3 aromatic carbocycles. The molecular formula is C29H34ClN3O5S. The quantitative estimate of drug-likeness (QED) is 0.327. The topological polar surface area (TPSA) is 96.0 Å². The van der Waals surface area contributed by atoms with Crippen LogP contribution in [-0.2, 0) is 26.2 Å². The number of nitrogens with one attached hydrogen (secondary N) is 1. The summed E-state index contributed by atoms with van der Waals surface area (Å²) in [6.07, 6.45) is 1.04. The fourth-order valence-corrected chi connectivity index (χ4v) is 4.72. The monoisotopic (exact) mass is 571 g/mol. The Hall–Kier alpha value is -3.56. The van der Waals surface area contributed by atoms with Crippen molar-refractivity contribution in [2.45, 2.75) is 33.4 Å². The van der Waals surface area contributed by atoms with Crippen molar-refractivity contribution in [2.75, 3.05) is 23.7 Å². The molecule has 0 heterocycles. The number of hydrogen-bond donors (Lipinski definition) is 1. The molecule has 208 valence electrons. The van der Waals surface area contributed by atoms with E-state index in [2.05, 4.69) is 5.32 Å². The summed E-state index contributed by atoms with van der Waals surface area (Å²) in [5.74, 6) is 0.551. The zero-order chi connectivity index (χ0) is 28.6. The van der Waals surface area contributed by atoms with Crippen molar-refractivity contribution in [3.8, 4) is 11.5 Å². The normalized spacial score (nSPS) is 12.1. The van der Waals surface area contributed by atoms with Crippen LogP contribution in [0.2, 0.25) is 5.02 Å². The molecule has 0 aliphatic carbocycles. The molecule has 0 spiro atoms. The van der Waals surface area contributed by atoms with Crippen molar-refractivity contribution >= 4 is 39.1 Å². The Labute approximate surface area is 235 Å². The molecule has 0 saturated heterocycles. The molecule has 0 radical (unpaired) electrons. The fourth-order valence-electron chi connectivity index (χ4n) is 3.74. The van der Waals surface area contributed by atoms with Gasteiger partial charge in [0.25, 0.3) is 0 Å². The summed E-state index contributed by atoms with van der Waals surface area (Å²) < 4.78 is 32.4. The number of carbonyl (C=O) groups is 2. The van der Waals surface area contributed by atoms with Gasteiger partial charge in [0.2, 0.25) is 21.8 Å². The first kappa shape index (κ1) is 30.0. The van der Waals surface area contributed by atoms with Crippen LogP contribution in [0, 0.1) is 5.92 Å². The number of nitrogens with zero attached hydrogens (tertiary/aromatic N) is 2. The fraction of sp³-hybridized carbons (Fsp3) is 0.310. The average molecular weight is 572 g/mol. The number of para-hydroxylation sites is 1. The minimum Gasteiger partial charge on any atom is -0.457 e.